The van der Waals surface area contributed by atoms with Crippen LogP contribution >= 0.6 is 0 Å². The van der Waals surface area contributed by atoms with Crippen molar-refractivity contribution >= 4 is 22.6 Å². The van der Waals surface area contributed by atoms with Crippen LogP contribution in [0.4, 0.5) is 0 Å². The summed E-state index contributed by atoms with van der Waals surface area (Å²) in [7, 11) is 0. The van der Waals surface area contributed by atoms with Gasteiger partial charge in [0.05, 0.1) is 0 Å². The zero-order valence-electron chi connectivity index (χ0n) is 12.9. The average molecular weight is 313 g/mol. The van der Waals surface area contributed by atoms with Gasteiger partial charge in [0, 0.05) is 6.54 Å². The van der Waals surface area contributed by atoms with E-state index >= 15 is 0 Å². The molecule has 0 aromatic heterocycles. The maximum absolute atomic E-state index is 11.4. The number of carboxylic acid groups (broad SMARTS) is 1. The number of amides is 1. The van der Waals surface area contributed by atoms with Crippen LogP contribution in [0.2, 0.25) is 0 Å². The lowest BCUT2D eigenvalue weighted by molar-refractivity contribution is -0.139. The van der Waals surface area contributed by atoms with Crippen molar-refractivity contribution in [1.82, 2.24) is 5.32 Å². The Balaban J connectivity index is 2.13. The van der Waals surface area contributed by atoms with Gasteiger partial charge in [-0.15, -0.1) is 0 Å². The second-order valence-corrected chi connectivity index (χ2v) is 5.02. The summed E-state index contributed by atoms with van der Waals surface area (Å²) in [5.74, 6) is -0.603. The third kappa shape index (κ3) is 4.85. The summed E-state index contributed by atoms with van der Waals surface area (Å²) in [6.45, 7) is 1.96. The van der Waals surface area contributed by atoms with E-state index in [4.69, 9.17) is 9.84 Å². The molecule has 0 saturated heterocycles. The SMILES string of the molecule is CC=CC(=O)NCCc1cccc2ccc(OCC(=O)O)cc12. The largest absolute Gasteiger partial charge is 0.482 e. The summed E-state index contributed by atoms with van der Waals surface area (Å²) in [5.41, 5.74) is 1.07. The Morgan fingerprint density at radius 3 is 2.83 bits per heavy atom. The van der Waals surface area contributed by atoms with Crippen molar-refractivity contribution in [3.05, 3.63) is 54.1 Å². The van der Waals surface area contributed by atoms with E-state index in [9.17, 15) is 9.59 Å². The van der Waals surface area contributed by atoms with E-state index < -0.39 is 5.97 Å². The molecule has 0 saturated carbocycles. The number of aliphatic carboxylic acids is 1. The number of hydrogen-bond donors (Lipinski definition) is 2. The minimum atomic E-state index is -1.01. The molecule has 0 aliphatic heterocycles. The lowest BCUT2D eigenvalue weighted by Gasteiger charge is -2.09. The van der Waals surface area contributed by atoms with Gasteiger partial charge in [0.2, 0.25) is 5.91 Å². The predicted molar refractivity (Wildman–Crippen MR) is 88.6 cm³/mol. The molecule has 0 radical (unpaired) electrons. The molecule has 2 N–H and O–H groups in total. The van der Waals surface area contributed by atoms with Crippen molar-refractivity contribution in [3.8, 4) is 5.75 Å². The number of nitrogens with one attached hydrogen (secondary N) is 1. The number of carbonyl (C=O) groups is 2. The van der Waals surface area contributed by atoms with Gasteiger partial charge in [-0.05, 0) is 47.9 Å². The molecule has 23 heavy (non-hydrogen) atoms. The van der Waals surface area contributed by atoms with E-state index in [1.165, 1.54) is 6.08 Å². The molecule has 0 unspecified atom stereocenters. The number of allylic oxidation sites excluding steroid dienone is 1. The van der Waals surface area contributed by atoms with Crippen molar-refractivity contribution in [1.29, 1.82) is 0 Å². The lowest BCUT2D eigenvalue weighted by Crippen LogP contribution is -2.23. The maximum atomic E-state index is 11.4. The number of ether oxygens (including phenoxy) is 1. The second kappa shape index (κ2) is 7.98. The second-order valence-electron chi connectivity index (χ2n) is 5.02. The minimum absolute atomic E-state index is 0.113. The zero-order valence-corrected chi connectivity index (χ0v) is 12.9. The normalized spacial score (nSPS) is 10.8. The first-order valence-corrected chi connectivity index (χ1v) is 7.37. The van der Waals surface area contributed by atoms with Crippen molar-refractivity contribution in [2.24, 2.45) is 0 Å². The van der Waals surface area contributed by atoms with Crippen molar-refractivity contribution in [2.45, 2.75) is 13.3 Å². The van der Waals surface area contributed by atoms with Crippen LogP contribution in [0.25, 0.3) is 10.8 Å². The Morgan fingerprint density at radius 1 is 1.26 bits per heavy atom. The number of carboxylic acids is 1. The number of benzene rings is 2. The van der Waals surface area contributed by atoms with E-state index in [1.54, 1.807) is 19.1 Å². The number of rotatable bonds is 7. The van der Waals surface area contributed by atoms with Gasteiger partial charge in [-0.2, -0.15) is 0 Å². The summed E-state index contributed by atoms with van der Waals surface area (Å²) in [6, 6.07) is 11.4. The Kier molecular flexibility index (Phi) is 5.74. The van der Waals surface area contributed by atoms with Crippen LogP contribution in [0.1, 0.15) is 12.5 Å². The summed E-state index contributed by atoms with van der Waals surface area (Å²) in [4.78, 5) is 22.0. The molecule has 2 rings (SSSR count). The van der Waals surface area contributed by atoms with E-state index in [0.29, 0.717) is 18.7 Å². The Labute approximate surface area is 134 Å². The first-order valence-electron chi connectivity index (χ1n) is 7.37. The molecule has 2 aromatic carbocycles. The van der Waals surface area contributed by atoms with Gasteiger partial charge in [-0.25, -0.2) is 4.79 Å². The molecule has 0 spiro atoms. The third-order valence-electron chi connectivity index (χ3n) is 3.32. The van der Waals surface area contributed by atoms with E-state index in [0.717, 1.165) is 16.3 Å². The molecular formula is C18H19NO4. The van der Waals surface area contributed by atoms with Gasteiger partial charge in [-0.3, -0.25) is 4.79 Å². The summed E-state index contributed by atoms with van der Waals surface area (Å²) < 4.78 is 5.23. The Hall–Kier alpha value is -2.82. The molecule has 5 heteroatoms. The highest BCUT2D eigenvalue weighted by molar-refractivity contribution is 5.88. The van der Waals surface area contributed by atoms with Gasteiger partial charge >= 0.3 is 5.97 Å². The standard InChI is InChI=1S/C18H19NO4/c1-2-4-17(20)19-10-9-14-6-3-5-13-7-8-15(11-16(13)14)23-12-18(21)22/h2-8,11H,9-10,12H2,1H3,(H,19,20)(H,21,22). The van der Waals surface area contributed by atoms with Crippen LogP contribution in [0.15, 0.2) is 48.6 Å². The highest BCUT2D eigenvalue weighted by atomic mass is 16.5. The summed E-state index contributed by atoms with van der Waals surface area (Å²) in [5, 5.41) is 13.5. The molecule has 0 heterocycles. The van der Waals surface area contributed by atoms with Crippen molar-refractivity contribution in [3.63, 3.8) is 0 Å². The zero-order chi connectivity index (χ0) is 16.7. The molecule has 0 atom stereocenters. The molecular weight excluding hydrogens is 294 g/mol. The van der Waals surface area contributed by atoms with Crippen molar-refractivity contribution in [2.75, 3.05) is 13.2 Å². The molecule has 1 amide bonds. The highest BCUT2D eigenvalue weighted by Crippen LogP contribution is 2.24. The Morgan fingerprint density at radius 2 is 2.09 bits per heavy atom. The lowest BCUT2D eigenvalue weighted by atomic mass is 10.0. The molecule has 0 bridgehead atoms. The topological polar surface area (TPSA) is 75.6 Å². The smallest absolute Gasteiger partial charge is 0.341 e. The molecule has 0 aliphatic carbocycles. The maximum Gasteiger partial charge on any atom is 0.341 e. The monoisotopic (exact) mass is 313 g/mol. The predicted octanol–water partition coefficient (Wildman–Crippen LogP) is 2.54. The van der Waals surface area contributed by atoms with Crippen molar-refractivity contribution < 1.29 is 19.4 Å². The molecule has 120 valence electrons. The molecule has 5 nitrogen and oxygen atoms in total. The molecule has 0 fully saturated rings. The van der Waals surface area contributed by atoms with Crippen LogP contribution in [0.3, 0.4) is 0 Å². The first-order chi connectivity index (χ1) is 11.1. The van der Waals surface area contributed by atoms with E-state index in [-0.39, 0.29) is 12.5 Å². The van der Waals surface area contributed by atoms with Gasteiger partial charge in [-0.1, -0.05) is 30.3 Å². The van der Waals surface area contributed by atoms with Crippen LogP contribution in [0, 0.1) is 0 Å². The number of hydrogen-bond acceptors (Lipinski definition) is 3. The van der Waals surface area contributed by atoms with E-state index in [1.807, 2.05) is 30.3 Å². The van der Waals surface area contributed by atoms with Crippen LogP contribution in [-0.4, -0.2) is 30.1 Å². The molecule has 2 aromatic rings. The summed E-state index contributed by atoms with van der Waals surface area (Å²) in [6.07, 6.45) is 3.86. The van der Waals surface area contributed by atoms with Gasteiger partial charge in [0.1, 0.15) is 5.75 Å². The first kappa shape index (κ1) is 16.5. The van der Waals surface area contributed by atoms with E-state index in [2.05, 4.69) is 5.32 Å². The average Bonchev–Trinajstić information content (AvgIpc) is 2.53. The van der Waals surface area contributed by atoms with Gasteiger partial charge in [0.15, 0.2) is 6.61 Å². The Bertz CT molecular complexity index is 737. The molecule has 0 aliphatic rings. The minimum Gasteiger partial charge on any atom is -0.482 e. The van der Waals surface area contributed by atoms with Crippen LogP contribution < -0.4 is 10.1 Å². The van der Waals surface area contributed by atoms with Gasteiger partial charge < -0.3 is 15.2 Å². The summed E-state index contributed by atoms with van der Waals surface area (Å²) >= 11 is 0. The van der Waals surface area contributed by atoms with Crippen LogP contribution in [0.5, 0.6) is 5.75 Å². The third-order valence-corrected chi connectivity index (χ3v) is 3.32. The fraction of sp³-hybridized carbons (Fsp3) is 0.222. The number of fused-ring (bicyclic) bond motifs is 1. The highest BCUT2D eigenvalue weighted by Gasteiger charge is 2.05. The fourth-order valence-corrected chi connectivity index (χ4v) is 2.30. The van der Waals surface area contributed by atoms with Crippen LogP contribution in [-0.2, 0) is 16.0 Å². The quantitative estimate of drug-likeness (QED) is 0.770. The van der Waals surface area contributed by atoms with Gasteiger partial charge in [0.25, 0.3) is 0 Å². The number of carbonyl (C=O) groups excluding carboxylic acids is 1. The fourth-order valence-electron chi connectivity index (χ4n) is 2.30.